The summed E-state index contributed by atoms with van der Waals surface area (Å²) in [6, 6.07) is 0. The summed E-state index contributed by atoms with van der Waals surface area (Å²) in [4.78, 5) is 29.1. The number of carbonyl (C=O) groups is 2. The molecule has 0 spiro atoms. The van der Waals surface area contributed by atoms with Crippen molar-refractivity contribution in [1.29, 1.82) is 0 Å². The van der Waals surface area contributed by atoms with Crippen LogP contribution in [0.1, 0.15) is 49.6 Å². The molecule has 1 aromatic rings. The molecule has 1 aliphatic heterocycles. The summed E-state index contributed by atoms with van der Waals surface area (Å²) < 4.78 is 0. The number of H-pyrrole nitrogens is 1. The highest BCUT2D eigenvalue weighted by atomic mass is 16.4. The van der Waals surface area contributed by atoms with E-state index < -0.39 is 17.4 Å². The molecule has 1 saturated heterocycles. The van der Waals surface area contributed by atoms with Crippen LogP contribution in [0.15, 0.2) is 0 Å². The van der Waals surface area contributed by atoms with Crippen LogP contribution in [0, 0.1) is 0 Å². The number of likely N-dealkylation sites (tertiary alicyclic amines) is 1. The topological polar surface area (TPSA) is 99.2 Å². The summed E-state index contributed by atoms with van der Waals surface area (Å²) in [5, 5.41) is 15.9. The van der Waals surface area contributed by atoms with E-state index in [-0.39, 0.29) is 5.82 Å². The lowest BCUT2D eigenvalue weighted by molar-refractivity contribution is -0.147. The van der Waals surface area contributed by atoms with Gasteiger partial charge < -0.3 is 10.0 Å². The van der Waals surface area contributed by atoms with Gasteiger partial charge in [0.2, 0.25) is 5.82 Å². The molecule has 19 heavy (non-hydrogen) atoms. The van der Waals surface area contributed by atoms with Crippen molar-refractivity contribution in [2.24, 2.45) is 0 Å². The number of hydrogen-bond donors (Lipinski definition) is 2. The molecule has 0 bridgehead atoms. The van der Waals surface area contributed by atoms with Gasteiger partial charge in [-0.3, -0.25) is 9.89 Å². The van der Waals surface area contributed by atoms with Crippen molar-refractivity contribution in [2.75, 3.05) is 6.54 Å². The van der Waals surface area contributed by atoms with E-state index in [1.54, 1.807) is 6.92 Å². The third-order valence-electron chi connectivity index (χ3n) is 3.56. The van der Waals surface area contributed by atoms with E-state index in [0.717, 1.165) is 12.8 Å². The smallest absolute Gasteiger partial charge is 0.329 e. The molecule has 2 heterocycles. The normalized spacial score (nSPS) is 22.7. The van der Waals surface area contributed by atoms with Gasteiger partial charge in [0, 0.05) is 13.0 Å². The van der Waals surface area contributed by atoms with Gasteiger partial charge in [0.1, 0.15) is 11.4 Å². The van der Waals surface area contributed by atoms with Crippen LogP contribution in [-0.4, -0.2) is 49.1 Å². The number of amides is 1. The van der Waals surface area contributed by atoms with E-state index in [1.165, 1.54) is 4.90 Å². The molecule has 2 N–H and O–H groups in total. The first-order valence-electron chi connectivity index (χ1n) is 6.45. The molecule has 104 valence electrons. The maximum Gasteiger partial charge on any atom is 0.329 e. The maximum atomic E-state index is 12.3. The fourth-order valence-electron chi connectivity index (χ4n) is 2.37. The van der Waals surface area contributed by atoms with E-state index in [4.69, 9.17) is 0 Å². The number of hydrogen-bond acceptors (Lipinski definition) is 4. The van der Waals surface area contributed by atoms with Crippen LogP contribution in [0.25, 0.3) is 0 Å². The van der Waals surface area contributed by atoms with Crippen molar-refractivity contribution >= 4 is 11.9 Å². The standard InChI is InChI=1S/C12H18N4O3/c1-3-5-8-13-9(15-14-8)10(17)16-7-4-6-12(16,2)11(18)19/h3-7H2,1-2H3,(H,18,19)(H,13,14,15). The Morgan fingerprint density at radius 2 is 2.26 bits per heavy atom. The van der Waals surface area contributed by atoms with E-state index in [9.17, 15) is 14.7 Å². The Balaban J connectivity index is 2.20. The first-order chi connectivity index (χ1) is 8.99. The van der Waals surface area contributed by atoms with Crippen LogP contribution in [0.4, 0.5) is 0 Å². The van der Waals surface area contributed by atoms with E-state index in [1.807, 2.05) is 6.92 Å². The quantitative estimate of drug-likeness (QED) is 0.841. The zero-order valence-corrected chi connectivity index (χ0v) is 11.1. The summed E-state index contributed by atoms with van der Waals surface area (Å²) in [7, 11) is 0. The Hall–Kier alpha value is -1.92. The Morgan fingerprint density at radius 3 is 2.89 bits per heavy atom. The molecule has 0 aromatic carbocycles. The van der Waals surface area contributed by atoms with Crippen molar-refractivity contribution in [1.82, 2.24) is 20.1 Å². The SMILES string of the molecule is CCCc1nc(C(=O)N2CCCC2(C)C(=O)O)n[nH]1. The monoisotopic (exact) mass is 266 g/mol. The lowest BCUT2D eigenvalue weighted by atomic mass is 9.99. The number of carbonyl (C=O) groups excluding carboxylic acids is 1. The molecule has 7 heteroatoms. The Kier molecular flexibility index (Phi) is 3.55. The van der Waals surface area contributed by atoms with Gasteiger partial charge in [-0.25, -0.2) is 9.78 Å². The molecule has 2 rings (SSSR count). The third-order valence-corrected chi connectivity index (χ3v) is 3.56. The minimum atomic E-state index is -1.15. The average molecular weight is 266 g/mol. The Labute approximate surface area is 111 Å². The predicted molar refractivity (Wildman–Crippen MR) is 66.7 cm³/mol. The second kappa shape index (κ2) is 4.99. The van der Waals surface area contributed by atoms with Crippen LogP contribution in [0.5, 0.6) is 0 Å². The molecule has 0 radical (unpaired) electrons. The minimum Gasteiger partial charge on any atom is -0.480 e. The van der Waals surface area contributed by atoms with E-state index in [0.29, 0.717) is 25.2 Å². The van der Waals surface area contributed by atoms with Gasteiger partial charge in [-0.05, 0) is 26.2 Å². The molecular formula is C12H18N4O3. The maximum absolute atomic E-state index is 12.3. The van der Waals surface area contributed by atoms with Gasteiger partial charge in [0.05, 0.1) is 0 Å². The Bertz CT molecular complexity index is 499. The van der Waals surface area contributed by atoms with Gasteiger partial charge in [-0.2, -0.15) is 0 Å². The number of aromatic amines is 1. The van der Waals surface area contributed by atoms with E-state index in [2.05, 4.69) is 15.2 Å². The number of aryl methyl sites for hydroxylation is 1. The summed E-state index contributed by atoms with van der Waals surface area (Å²) in [6.07, 6.45) is 2.76. The number of aliphatic carboxylic acids is 1. The summed E-state index contributed by atoms with van der Waals surface area (Å²) >= 11 is 0. The molecule has 0 aliphatic carbocycles. The van der Waals surface area contributed by atoms with Gasteiger partial charge in [-0.15, -0.1) is 5.10 Å². The molecule has 1 aliphatic rings. The average Bonchev–Trinajstić information content (AvgIpc) is 2.96. The highest BCUT2D eigenvalue weighted by Gasteiger charge is 2.46. The largest absolute Gasteiger partial charge is 0.480 e. The lowest BCUT2D eigenvalue weighted by Crippen LogP contribution is -2.51. The van der Waals surface area contributed by atoms with Crippen molar-refractivity contribution < 1.29 is 14.7 Å². The summed E-state index contributed by atoms with van der Waals surface area (Å²) in [6.45, 7) is 4.01. The van der Waals surface area contributed by atoms with Crippen LogP contribution in [0.3, 0.4) is 0 Å². The second-order valence-corrected chi connectivity index (χ2v) is 5.00. The zero-order chi connectivity index (χ0) is 14.0. The summed E-state index contributed by atoms with van der Waals surface area (Å²) in [5.41, 5.74) is -1.15. The van der Waals surface area contributed by atoms with Crippen LogP contribution in [0.2, 0.25) is 0 Å². The zero-order valence-electron chi connectivity index (χ0n) is 11.1. The van der Waals surface area contributed by atoms with Crippen molar-refractivity contribution in [3.8, 4) is 0 Å². The number of carboxylic acids is 1. The molecule has 7 nitrogen and oxygen atoms in total. The minimum absolute atomic E-state index is 0.0535. The highest BCUT2D eigenvalue weighted by molar-refractivity contribution is 5.95. The fourth-order valence-corrected chi connectivity index (χ4v) is 2.37. The number of nitrogens with one attached hydrogen (secondary N) is 1. The van der Waals surface area contributed by atoms with E-state index >= 15 is 0 Å². The predicted octanol–water partition coefficient (Wildman–Crippen LogP) is 0.837. The highest BCUT2D eigenvalue weighted by Crippen LogP contribution is 2.30. The number of rotatable bonds is 4. The molecular weight excluding hydrogens is 248 g/mol. The van der Waals surface area contributed by atoms with Crippen LogP contribution in [-0.2, 0) is 11.2 Å². The van der Waals surface area contributed by atoms with Crippen molar-refractivity contribution in [2.45, 2.75) is 45.1 Å². The molecule has 1 aromatic heterocycles. The summed E-state index contributed by atoms with van der Waals surface area (Å²) in [5.74, 6) is -0.691. The first-order valence-corrected chi connectivity index (χ1v) is 6.45. The van der Waals surface area contributed by atoms with Gasteiger partial charge in [0.25, 0.3) is 5.91 Å². The third kappa shape index (κ3) is 2.32. The molecule has 1 fully saturated rings. The van der Waals surface area contributed by atoms with Crippen LogP contribution >= 0.6 is 0 Å². The molecule has 1 amide bonds. The Morgan fingerprint density at radius 1 is 1.53 bits per heavy atom. The molecule has 1 atom stereocenters. The second-order valence-electron chi connectivity index (χ2n) is 5.00. The number of nitrogens with zero attached hydrogens (tertiary/aromatic N) is 3. The van der Waals surface area contributed by atoms with Gasteiger partial charge in [-0.1, -0.05) is 6.92 Å². The van der Waals surface area contributed by atoms with Gasteiger partial charge in [0.15, 0.2) is 0 Å². The number of aromatic nitrogens is 3. The van der Waals surface area contributed by atoms with Gasteiger partial charge >= 0.3 is 5.97 Å². The molecule has 1 unspecified atom stereocenters. The fraction of sp³-hybridized carbons (Fsp3) is 0.667. The lowest BCUT2D eigenvalue weighted by Gasteiger charge is -2.30. The number of carboxylic acid groups (broad SMARTS) is 1. The molecule has 0 saturated carbocycles. The van der Waals surface area contributed by atoms with Crippen LogP contribution < -0.4 is 0 Å². The van der Waals surface area contributed by atoms with Crippen molar-refractivity contribution in [3.05, 3.63) is 11.6 Å². The first kappa shape index (κ1) is 13.5. The van der Waals surface area contributed by atoms with Crippen molar-refractivity contribution in [3.63, 3.8) is 0 Å².